The minimum absolute atomic E-state index is 0.0582. The molecule has 156 valence electrons. The van der Waals surface area contributed by atoms with Gasteiger partial charge < -0.3 is 20.9 Å². The molecule has 3 aromatic rings. The van der Waals surface area contributed by atoms with Crippen LogP contribution in [0.5, 0.6) is 0 Å². The van der Waals surface area contributed by atoms with Crippen molar-refractivity contribution in [2.45, 2.75) is 25.9 Å². The van der Waals surface area contributed by atoms with Crippen molar-refractivity contribution in [3.8, 4) is 0 Å². The number of hydrogen-bond donors (Lipinski definition) is 2. The van der Waals surface area contributed by atoms with E-state index in [0.29, 0.717) is 5.02 Å². The Morgan fingerprint density at radius 2 is 1.61 bits per heavy atom. The Balaban J connectivity index is 1.69. The fourth-order valence-corrected chi connectivity index (χ4v) is 4.64. The molecule has 5 rings (SSSR count). The second-order valence-corrected chi connectivity index (χ2v) is 8.22. The lowest BCUT2D eigenvalue weighted by Gasteiger charge is -2.32. The van der Waals surface area contributed by atoms with Gasteiger partial charge in [0.1, 0.15) is 6.17 Å². The molecule has 0 spiro atoms. The van der Waals surface area contributed by atoms with Gasteiger partial charge in [-0.05, 0) is 62.2 Å². The van der Waals surface area contributed by atoms with E-state index in [0.717, 1.165) is 47.0 Å². The van der Waals surface area contributed by atoms with Gasteiger partial charge in [-0.15, -0.1) is 0 Å². The summed E-state index contributed by atoms with van der Waals surface area (Å²) >= 11 is 6.46. The number of benzene rings is 3. The second-order valence-electron chi connectivity index (χ2n) is 7.82. The number of hydrogen-bond acceptors (Lipinski definition) is 4. The zero-order valence-electron chi connectivity index (χ0n) is 17.4. The number of anilines is 6. The van der Waals surface area contributed by atoms with Crippen LogP contribution < -0.4 is 20.9 Å². The first-order chi connectivity index (χ1) is 15.1. The van der Waals surface area contributed by atoms with E-state index >= 15 is 0 Å². The smallest absolute Gasteiger partial charge is 0.108 e. The Bertz CT molecular complexity index is 1180. The van der Waals surface area contributed by atoms with E-state index in [1.165, 1.54) is 5.70 Å². The lowest BCUT2D eigenvalue weighted by molar-refractivity contribution is 0.737. The fourth-order valence-electron chi connectivity index (χ4n) is 4.45. The van der Waals surface area contributed by atoms with Gasteiger partial charge >= 0.3 is 0 Å². The van der Waals surface area contributed by atoms with Crippen molar-refractivity contribution in [2.75, 3.05) is 20.9 Å². The van der Waals surface area contributed by atoms with Gasteiger partial charge in [0.2, 0.25) is 0 Å². The number of rotatable bonds is 4. The summed E-state index contributed by atoms with van der Waals surface area (Å²) in [6, 6.07) is 22.2. The molecule has 31 heavy (non-hydrogen) atoms. The standard InChI is InChI=1S/C26H25ClN4/c1-18-30(19-10-3-2-4-11-19)25-17-9-15-23(29-22-14-7-5-12-20(22)27)26(25)31(18)24-16-8-6-13-21(24)28/h3,5-18,29H,2,4,28H2,1H3. The third-order valence-corrected chi connectivity index (χ3v) is 6.19. The second kappa shape index (κ2) is 8.05. The first kappa shape index (κ1) is 19.6. The predicted molar refractivity (Wildman–Crippen MR) is 133 cm³/mol. The van der Waals surface area contributed by atoms with Crippen LogP contribution in [0, 0.1) is 0 Å². The lowest BCUT2D eigenvalue weighted by atomic mass is 10.1. The van der Waals surface area contributed by atoms with E-state index in [9.17, 15) is 0 Å². The van der Waals surface area contributed by atoms with E-state index in [1.807, 2.05) is 42.5 Å². The van der Waals surface area contributed by atoms with Crippen LogP contribution in [-0.4, -0.2) is 6.17 Å². The molecule has 2 aliphatic rings. The highest BCUT2D eigenvalue weighted by Crippen LogP contribution is 2.52. The zero-order chi connectivity index (χ0) is 21.4. The number of nitrogens with two attached hydrogens (primary N) is 1. The molecule has 5 heteroatoms. The summed E-state index contributed by atoms with van der Waals surface area (Å²) in [7, 11) is 0. The summed E-state index contributed by atoms with van der Waals surface area (Å²) < 4.78 is 0. The van der Waals surface area contributed by atoms with Gasteiger partial charge in [-0.1, -0.05) is 54.1 Å². The molecule has 1 aliphatic heterocycles. The SMILES string of the molecule is CC1N(C2=CCCC=C2)c2cccc(Nc3ccccc3Cl)c2N1c1ccccc1N. The topological polar surface area (TPSA) is 44.5 Å². The van der Waals surface area contributed by atoms with E-state index in [-0.39, 0.29) is 6.17 Å². The van der Waals surface area contributed by atoms with Crippen molar-refractivity contribution in [3.63, 3.8) is 0 Å². The number of nitrogens with zero attached hydrogens (tertiary/aromatic N) is 2. The Hall–Kier alpha value is -3.37. The highest BCUT2D eigenvalue weighted by Gasteiger charge is 2.38. The normalized spacial score (nSPS) is 17.5. The van der Waals surface area contributed by atoms with E-state index in [2.05, 4.69) is 64.5 Å². The van der Waals surface area contributed by atoms with Crippen LogP contribution in [-0.2, 0) is 0 Å². The van der Waals surface area contributed by atoms with Gasteiger partial charge in [0.25, 0.3) is 0 Å². The van der Waals surface area contributed by atoms with Gasteiger partial charge in [0.15, 0.2) is 0 Å². The molecule has 3 aromatic carbocycles. The lowest BCUT2D eigenvalue weighted by Crippen LogP contribution is -2.38. The molecule has 4 nitrogen and oxygen atoms in total. The van der Waals surface area contributed by atoms with Gasteiger partial charge in [0, 0.05) is 5.70 Å². The number of fused-ring (bicyclic) bond motifs is 1. The molecular weight excluding hydrogens is 404 g/mol. The molecule has 1 atom stereocenters. The molecule has 0 bridgehead atoms. The van der Waals surface area contributed by atoms with Crippen molar-refractivity contribution in [3.05, 3.63) is 95.7 Å². The highest BCUT2D eigenvalue weighted by atomic mass is 35.5. The number of nitrogen functional groups attached to an aromatic ring is 1. The molecule has 3 N–H and O–H groups in total. The third-order valence-electron chi connectivity index (χ3n) is 5.86. The Morgan fingerprint density at radius 3 is 2.39 bits per heavy atom. The van der Waals surface area contributed by atoms with E-state index in [4.69, 9.17) is 17.3 Å². The zero-order valence-corrected chi connectivity index (χ0v) is 18.2. The summed E-state index contributed by atoms with van der Waals surface area (Å²) in [6.45, 7) is 2.22. The third kappa shape index (κ3) is 3.43. The molecule has 0 radical (unpaired) electrons. The molecule has 0 saturated carbocycles. The van der Waals surface area contributed by atoms with Gasteiger partial charge in [-0.2, -0.15) is 0 Å². The average molecular weight is 429 g/mol. The fraction of sp³-hybridized carbons (Fsp3) is 0.154. The maximum Gasteiger partial charge on any atom is 0.108 e. The summed E-state index contributed by atoms with van der Waals surface area (Å²) in [5, 5.41) is 4.24. The van der Waals surface area contributed by atoms with Crippen molar-refractivity contribution in [1.29, 1.82) is 0 Å². The Morgan fingerprint density at radius 1 is 0.871 bits per heavy atom. The predicted octanol–water partition coefficient (Wildman–Crippen LogP) is 7.20. The maximum atomic E-state index is 6.46. The van der Waals surface area contributed by atoms with Crippen LogP contribution in [0.4, 0.5) is 34.1 Å². The van der Waals surface area contributed by atoms with Crippen molar-refractivity contribution < 1.29 is 0 Å². The maximum absolute atomic E-state index is 6.46. The van der Waals surface area contributed by atoms with Crippen LogP contribution in [0.2, 0.25) is 5.02 Å². The molecule has 0 saturated heterocycles. The monoisotopic (exact) mass is 428 g/mol. The summed E-state index contributed by atoms with van der Waals surface area (Å²) in [6.07, 6.45) is 8.97. The molecule has 1 aliphatic carbocycles. The first-order valence-electron chi connectivity index (χ1n) is 10.6. The average Bonchev–Trinajstić information content (AvgIpc) is 3.09. The van der Waals surface area contributed by atoms with E-state index in [1.54, 1.807) is 0 Å². The van der Waals surface area contributed by atoms with Crippen LogP contribution >= 0.6 is 11.6 Å². The number of halogens is 1. The minimum Gasteiger partial charge on any atom is -0.397 e. The summed E-state index contributed by atoms with van der Waals surface area (Å²) in [5.74, 6) is 0. The Kier molecular flexibility index (Phi) is 5.08. The molecule has 0 aromatic heterocycles. The number of nitrogens with one attached hydrogen (secondary N) is 1. The highest BCUT2D eigenvalue weighted by molar-refractivity contribution is 6.33. The van der Waals surface area contributed by atoms with Crippen LogP contribution in [0.15, 0.2) is 90.7 Å². The van der Waals surface area contributed by atoms with Crippen molar-refractivity contribution >= 4 is 45.7 Å². The van der Waals surface area contributed by atoms with Gasteiger partial charge in [-0.25, -0.2) is 0 Å². The van der Waals surface area contributed by atoms with Gasteiger partial charge in [-0.3, -0.25) is 0 Å². The molecule has 1 heterocycles. The number of para-hydroxylation sites is 4. The number of allylic oxidation sites excluding steroid dienone is 3. The minimum atomic E-state index is 0.0582. The quantitative estimate of drug-likeness (QED) is 0.431. The van der Waals surface area contributed by atoms with Crippen molar-refractivity contribution in [1.82, 2.24) is 0 Å². The first-order valence-corrected chi connectivity index (χ1v) is 11.0. The van der Waals surface area contributed by atoms with Crippen LogP contribution in [0.1, 0.15) is 19.8 Å². The molecule has 0 amide bonds. The molecule has 1 unspecified atom stereocenters. The van der Waals surface area contributed by atoms with Crippen LogP contribution in [0.3, 0.4) is 0 Å². The molecule has 0 fully saturated rings. The Labute approximate surface area is 188 Å². The largest absolute Gasteiger partial charge is 0.397 e. The summed E-state index contributed by atoms with van der Waals surface area (Å²) in [4.78, 5) is 4.70. The van der Waals surface area contributed by atoms with Crippen molar-refractivity contribution in [2.24, 2.45) is 0 Å². The van der Waals surface area contributed by atoms with Crippen LogP contribution in [0.25, 0.3) is 0 Å². The summed E-state index contributed by atoms with van der Waals surface area (Å²) in [5.41, 5.74) is 13.5. The molecular formula is C26H25ClN4. The van der Waals surface area contributed by atoms with E-state index < -0.39 is 0 Å². The van der Waals surface area contributed by atoms with Gasteiger partial charge in [0.05, 0.1) is 39.1 Å².